The largest absolute Gasteiger partial charge is 0.385 e. The summed E-state index contributed by atoms with van der Waals surface area (Å²) in [7, 11) is 1.50. The maximum atomic E-state index is 13.2. The Labute approximate surface area is 195 Å². The van der Waals surface area contributed by atoms with Crippen molar-refractivity contribution in [1.82, 2.24) is 24.2 Å². The number of carbonyl (C=O) groups is 1. The molecule has 5 rings (SSSR count). The maximum absolute atomic E-state index is 13.2. The van der Waals surface area contributed by atoms with Crippen molar-refractivity contribution in [2.24, 2.45) is 0 Å². The number of carbonyl (C=O) groups excluding carboxylic acids is 1. The minimum Gasteiger partial charge on any atom is -0.385 e. The van der Waals surface area contributed by atoms with E-state index in [9.17, 15) is 14.7 Å². The van der Waals surface area contributed by atoms with Crippen molar-refractivity contribution in [2.75, 3.05) is 20.2 Å². The zero-order valence-electron chi connectivity index (χ0n) is 18.7. The quantitative estimate of drug-likeness (QED) is 0.489. The Morgan fingerprint density at radius 2 is 1.85 bits per heavy atom. The Bertz CT molecular complexity index is 1370. The summed E-state index contributed by atoms with van der Waals surface area (Å²) in [4.78, 5) is 32.2. The molecule has 1 fully saturated rings. The Hall–Kier alpha value is -3.82. The van der Waals surface area contributed by atoms with Crippen molar-refractivity contribution in [2.45, 2.75) is 24.7 Å². The monoisotopic (exact) mass is 459 g/mol. The zero-order valence-corrected chi connectivity index (χ0v) is 18.7. The second kappa shape index (κ2) is 8.85. The van der Waals surface area contributed by atoms with Crippen LogP contribution in [0.1, 0.15) is 16.8 Å². The summed E-state index contributed by atoms with van der Waals surface area (Å²) in [6.07, 6.45) is 2.52. The van der Waals surface area contributed by atoms with Crippen LogP contribution in [-0.4, -0.2) is 67.1 Å². The second-order valence-electron chi connectivity index (χ2n) is 8.50. The van der Waals surface area contributed by atoms with Gasteiger partial charge in [0.15, 0.2) is 5.65 Å². The molecular weight excluding hydrogens is 434 g/mol. The van der Waals surface area contributed by atoms with Crippen LogP contribution < -0.4 is 5.56 Å². The molecule has 1 saturated heterocycles. The summed E-state index contributed by atoms with van der Waals surface area (Å²) in [5.74, 6) is -0.113. The van der Waals surface area contributed by atoms with E-state index in [0.717, 1.165) is 5.69 Å². The molecule has 0 bridgehead atoms. The molecule has 4 aromatic rings. The van der Waals surface area contributed by atoms with Gasteiger partial charge in [-0.3, -0.25) is 14.2 Å². The zero-order chi connectivity index (χ0) is 23.7. The number of nitrogens with zero attached hydrogens (tertiary/aromatic N) is 5. The second-order valence-corrected chi connectivity index (χ2v) is 8.50. The number of likely N-dealkylation sites (tertiary alicyclic amines) is 1. The van der Waals surface area contributed by atoms with Crippen LogP contribution in [0.15, 0.2) is 78.0 Å². The third-order valence-corrected chi connectivity index (χ3v) is 6.39. The number of fused-ring (bicyclic) bond motifs is 1. The lowest BCUT2D eigenvalue weighted by molar-refractivity contribution is -0.135. The third kappa shape index (κ3) is 3.89. The summed E-state index contributed by atoms with van der Waals surface area (Å²) in [6, 6.07) is 18.5. The van der Waals surface area contributed by atoms with Crippen LogP contribution in [0.4, 0.5) is 0 Å². The molecule has 0 saturated carbocycles. The number of aliphatic hydroxyl groups is 1. The average molecular weight is 460 g/mol. The van der Waals surface area contributed by atoms with Gasteiger partial charge in [-0.1, -0.05) is 36.4 Å². The minimum atomic E-state index is -1.34. The van der Waals surface area contributed by atoms with Crippen molar-refractivity contribution in [3.05, 3.63) is 89.1 Å². The van der Waals surface area contributed by atoms with Gasteiger partial charge in [-0.15, -0.1) is 0 Å². The van der Waals surface area contributed by atoms with Gasteiger partial charge in [-0.2, -0.15) is 5.10 Å². The first kappa shape index (κ1) is 22.0. The molecule has 1 aliphatic heterocycles. The molecule has 0 spiro atoms. The average Bonchev–Trinajstić information content (AvgIpc) is 3.31. The van der Waals surface area contributed by atoms with E-state index < -0.39 is 11.7 Å². The number of aromatic nitrogens is 4. The number of para-hydroxylation sites is 1. The lowest BCUT2D eigenvalue weighted by Crippen LogP contribution is -2.59. The highest BCUT2D eigenvalue weighted by molar-refractivity contribution is 5.94. The number of benzene rings is 2. The van der Waals surface area contributed by atoms with E-state index in [1.807, 2.05) is 48.5 Å². The summed E-state index contributed by atoms with van der Waals surface area (Å²) < 4.78 is 8.59. The summed E-state index contributed by atoms with van der Waals surface area (Å²) >= 11 is 0. The molecule has 9 nitrogen and oxygen atoms in total. The molecule has 0 unspecified atom stereocenters. The van der Waals surface area contributed by atoms with Gasteiger partial charge in [0.05, 0.1) is 25.0 Å². The first-order chi connectivity index (χ1) is 16.5. The van der Waals surface area contributed by atoms with Crippen LogP contribution in [-0.2, 0) is 11.3 Å². The minimum absolute atomic E-state index is 0.00281. The van der Waals surface area contributed by atoms with E-state index >= 15 is 0 Å². The molecule has 1 amide bonds. The normalized spacial score (nSPS) is 20.5. The fourth-order valence-electron chi connectivity index (χ4n) is 4.49. The first-order valence-corrected chi connectivity index (χ1v) is 11.1. The van der Waals surface area contributed by atoms with Crippen LogP contribution in [0.5, 0.6) is 0 Å². The summed E-state index contributed by atoms with van der Waals surface area (Å²) in [5, 5.41) is 16.2. The molecule has 3 heterocycles. The molecule has 174 valence electrons. The molecular formula is C25H25N5O4. The van der Waals surface area contributed by atoms with E-state index in [4.69, 9.17) is 4.74 Å². The molecule has 0 radical (unpaired) electrons. The van der Waals surface area contributed by atoms with Crippen LogP contribution in [0.25, 0.3) is 16.7 Å². The predicted molar refractivity (Wildman–Crippen MR) is 126 cm³/mol. The number of rotatable bonds is 5. The fourth-order valence-corrected chi connectivity index (χ4v) is 4.49. The van der Waals surface area contributed by atoms with E-state index in [2.05, 4.69) is 10.1 Å². The molecule has 1 aliphatic rings. The lowest BCUT2D eigenvalue weighted by Gasteiger charge is -2.43. The van der Waals surface area contributed by atoms with Crippen molar-refractivity contribution in [1.29, 1.82) is 0 Å². The van der Waals surface area contributed by atoms with Gasteiger partial charge < -0.3 is 14.7 Å². The third-order valence-electron chi connectivity index (χ3n) is 6.39. The highest BCUT2D eigenvalue weighted by atomic mass is 16.5. The van der Waals surface area contributed by atoms with Crippen molar-refractivity contribution < 1.29 is 14.6 Å². The molecule has 9 heteroatoms. The van der Waals surface area contributed by atoms with Gasteiger partial charge in [-0.05, 0) is 30.7 Å². The molecule has 0 aliphatic carbocycles. The van der Waals surface area contributed by atoms with Crippen LogP contribution >= 0.6 is 0 Å². The van der Waals surface area contributed by atoms with Crippen molar-refractivity contribution in [3.63, 3.8) is 0 Å². The number of hydrogen-bond acceptors (Lipinski definition) is 6. The van der Waals surface area contributed by atoms with Crippen LogP contribution in [0, 0.1) is 0 Å². The highest BCUT2D eigenvalue weighted by Gasteiger charge is 2.44. The van der Waals surface area contributed by atoms with Gasteiger partial charge >= 0.3 is 0 Å². The smallest absolute Gasteiger partial charge is 0.264 e. The van der Waals surface area contributed by atoms with Gasteiger partial charge in [0.1, 0.15) is 23.4 Å². The first-order valence-electron chi connectivity index (χ1n) is 11.1. The number of methoxy groups -OCH3 is 1. The van der Waals surface area contributed by atoms with E-state index in [1.165, 1.54) is 24.2 Å². The van der Waals surface area contributed by atoms with Crippen LogP contribution in [0.3, 0.4) is 0 Å². The Balaban J connectivity index is 1.39. The van der Waals surface area contributed by atoms with Crippen molar-refractivity contribution in [3.8, 4) is 5.69 Å². The topological polar surface area (TPSA) is 102 Å². The number of amides is 1. The molecule has 34 heavy (non-hydrogen) atoms. The standard InChI is InChI=1S/C25H25N5O4/c1-34-21-15-28(23(31)18-8-4-2-5-9-18)13-12-25(21,33)16-29-17-26-22-20(24(29)32)14-27-30(22)19-10-6-3-7-11-19/h2-11,14,17,21,33H,12-13,15-16H2,1H3/t21-,25+/m0/s1. The fraction of sp³-hybridized carbons (Fsp3) is 0.280. The van der Waals surface area contributed by atoms with E-state index in [1.54, 1.807) is 21.7 Å². The van der Waals surface area contributed by atoms with Crippen molar-refractivity contribution >= 4 is 16.9 Å². The molecule has 2 aromatic heterocycles. The van der Waals surface area contributed by atoms with Gasteiger partial charge in [-0.25, -0.2) is 9.67 Å². The number of ether oxygens (including phenoxy) is 1. The van der Waals surface area contributed by atoms with Crippen LogP contribution in [0.2, 0.25) is 0 Å². The summed E-state index contributed by atoms with van der Waals surface area (Å²) in [6.45, 7) is 0.564. The number of piperidine rings is 1. The lowest BCUT2D eigenvalue weighted by atomic mass is 9.87. The Kier molecular flexibility index (Phi) is 5.72. The predicted octanol–water partition coefficient (Wildman–Crippen LogP) is 1.87. The highest BCUT2D eigenvalue weighted by Crippen LogP contribution is 2.27. The number of hydrogen-bond donors (Lipinski definition) is 1. The Morgan fingerprint density at radius 1 is 1.15 bits per heavy atom. The SMILES string of the molecule is CO[C@H]1CN(C(=O)c2ccccc2)CC[C@@]1(O)Cn1cnc2c(cnn2-c2ccccc2)c1=O. The summed E-state index contributed by atoms with van der Waals surface area (Å²) in [5.41, 5.74) is 0.209. The molecule has 2 aromatic carbocycles. The van der Waals surface area contributed by atoms with Gasteiger partial charge in [0, 0.05) is 19.2 Å². The molecule has 2 atom stereocenters. The maximum Gasteiger partial charge on any atom is 0.264 e. The van der Waals surface area contributed by atoms with Gasteiger partial charge in [0.25, 0.3) is 11.5 Å². The van der Waals surface area contributed by atoms with Gasteiger partial charge in [0.2, 0.25) is 0 Å². The molecule has 1 N–H and O–H groups in total. The van der Waals surface area contributed by atoms with E-state index in [-0.39, 0.29) is 31.0 Å². The Morgan fingerprint density at radius 3 is 2.56 bits per heavy atom. The van der Waals surface area contributed by atoms with E-state index in [0.29, 0.717) is 23.1 Å².